The summed E-state index contributed by atoms with van der Waals surface area (Å²) in [7, 11) is 1.44. The Balaban J connectivity index is 2.05. The number of nitrogens with zero attached hydrogens (tertiary/aromatic N) is 1. The van der Waals surface area contributed by atoms with Gasteiger partial charge in [0.15, 0.2) is 6.10 Å². The maximum atomic E-state index is 12.0. The molecule has 0 radical (unpaired) electrons. The molecular formula is C13H17NO6S2. The van der Waals surface area contributed by atoms with E-state index in [9.17, 15) is 19.5 Å². The fraction of sp³-hybridized carbons (Fsp3) is 0.615. The molecule has 0 aliphatic carbocycles. The number of methoxy groups -OCH3 is 1. The van der Waals surface area contributed by atoms with Gasteiger partial charge in [-0.3, -0.25) is 14.5 Å². The van der Waals surface area contributed by atoms with E-state index in [0.29, 0.717) is 23.7 Å². The lowest BCUT2D eigenvalue weighted by Gasteiger charge is -2.48. The van der Waals surface area contributed by atoms with Crippen LogP contribution in [0.3, 0.4) is 0 Å². The largest absolute Gasteiger partial charge is 0.477 e. The number of thioether (sulfide) groups is 2. The van der Waals surface area contributed by atoms with E-state index in [0.717, 1.165) is 0 Å². The van der Waals surface area contributed by atoms with Gasteiger partial charge in [0.25, 0.3) is 5.91 Å². The predicted octanol–water partition coefficient (Wildman–Crippen LogP) is 0.551. The maximum absolute atomic E-state index is 12.0. The molecule has 1 amide bonds. The van der Waals surface area contributed by atoms with Crippen LogP contribution in [0.4, 0.5) is 0 Å². The van der Waals surface area contributed by atoms with Crippen molar-refractivity contribution < 1.29 is 29.0 Å². The molecular weight excluding hydrogens is 330 g/mol. The lowest BCUT2D eigenvalue weighted by molar-refractivity contribution is -0.162. The Labute approximate surface area is 136 Å². The van der Waals surface area contributed by atoms with Crippen molar-refractivity contribution in [3.63, 3.8) is 0 Å². The molecule has 22 heavy (non-hydrogen) atoms. The second-order valence-electron chi connectivity index (χ2n) is 4.62. The van der Waals surface area contributed by atoms with E-state index >= 15 is 0 Å². The number of fused-ring (bicyclic) bond motifs is 1. The van der Waals surface area contributed by atoms with Gasteiger partial charge in [-0.2, -0.15) is 0 Å². The van der Waals surface area contributed by atoms with Crippen molar-refractivity contribution >= 4 is 41.4 Å². The van der Waals surface area contributed by atoms with Crippen molar-refractivity contribution in [1.29, 1.82) is 0 Å². The fourth-order valence-corrected chi connectivity index (χ4v) is 4.64. The van der Waals surface area contributed by atoms with Crippen molar-refractivity contribution in [1.82, 2.24) is 4.90 Å². The molecule has 0 saturated carbocycles. The van der Waals surface area contributed by atoms with Crippen LogP contribution in [0.25, 0.3) is 0 Å². The van der Waals surface area contributed by atoms with Gasteiger partial charge < -0.3 is 14.6 Å². The molecule has 1 fully saturated rings. The third-order valence-corrected chi connectivity index (χ3v) is 5.56. The Morgan fingerprint density at radius 1 is 1.50 bits per heavy atom. The average Bonchev–Trinajstić information content (AvgIpc) is 2.47. The van der Waals surface area contributed by atoms with E-state index in [2.05, 4.69) is 0 Å². The van der Waals surface area contributed by atoms with Crippen LogP contribution in [0.5, 0.6) is 0 Å². The van der Waals surface area contributed by atoms with Crippen LogP contribution in [0.1, 0.15) is 6.92 Å². The van der Waals surface area contributed by atoms with Gasteiger partial charge in [-0.25, -0.2) is 4.79 Å². The molecule has 2 rings (SSSR count). The number of carbonyl (C=O) groups excluding carboxylic acids is 2. The zero-order chi connectivity index (χ0) is 16.3. The first-order valence-electron chi connectivity index (χ1n) is 6.67. The van der Waals surface area contributed by atoms with Gasteiger partial charge in [0.05, 0.1) is 12.4 Å². The molecule has 0 aromatic rings. The molecule has 2 atom stereocenters. The molecule has 9 heteroatoms. The summed E-state index contributed by atoms with van der Waals surface area (Å²) < 4.78 is 9.90. The van der Waals surface area contributed by atoms with E-state index in [-0.39, 0.29) is 28.7 Å². The molecule has 2 heterocycles. The second kappa shape index (κ2) is 7.38. The Bertz CT molecular complexity index is 521. The Hall–Kier alpha value is -1.19. The van der Waals surface area contributed by atoms with Crippen molar-refractivity contribution in [2.45, 2.75) is 18.4 Å². The van der Waals surface area contributed by atoms with Gasteiger partial charge in [0, 0.05) is 18.6 Å². The quantitative estimate of drug-likeness (QED) is 0.527. The molecule has 0 aromatic carbocycles. The van der Waals surface area contributed by atoms with E-state index in [1.165, 1.54) is 35.5 Å². The van der Waals surface area contributed by atoms with E-state index in [4.69, 9.17) is 9.47 Å². The Kier molecular flexibility index (Phi) is 5.76. The van der Waals surface area contributed by atoms with E-state index in [1.54, 1.807) is 6.92 Å². The van der Waals surface area contributed by atoms with Gasteiger partial charge in [0.1, 0.15) is 11.1 Å². The third-order valence-electron chi connectivity index (χ3n) is 3.26. The topological polar surface area (TPSA) is 93.1 Å². The minimum atomic E-state index is -1.13. The molecule has 1 N–H and O–H groups in total. The number of carboxylic acid groups (broad SMARTS) is 1. The monoisotopic (exact) mass is 347 g/mol. The van der Waals surface area contributed by atoms with Crippen molar-refractivity contribution in [3.05, 3.63) is 11.3 Å². The average molecular weight is 347 g/mol. The minimum absolute atomic E-state index is 0.0263. The smallest absolute Gasteiger partial charge is 0.352 e. The number of hydrogen-bond acceptors (Lipinski definition) is 7. The molecule has 122 valence electrons. The fourth-order valence-electron chi connectivity index (χ4n) is 2.30. The van der Waals surface area contributed by atoms with E-state index in [1.807, 2.05) is 0 Å². The zero-order valence-electron chi connectivity index (χ0n) is 12.2. The molecule has 0 spiro atoms. The summed E-state index contributed by atoms with van der Waals surface area (Å²) >= 11 is 2.76. The van der Waals surface area contributed by atoms with Crippen LogP contribution in [0.2, 0.25) is 0 Å². The number of esters is 1. The molecule has 2 aliphatic heterocycles. The first kappa shape index (κ1) is 17.2. The summed E-state index contributed by atoms with van der Waals surface area (Å²) in [6.45, 7) is 2.05. The van der Waals surface area contributed by atoms with Crippen LogP contribution in [-0.2, 0) is 23.9 Å². The van der Waals surface area contributed by atoms with Crippen LogP contribution >= 0.6 is 23.5 Å². The molecule has 0 unspecified atom stereocenters. The summed E-state index contributed by atoms with van der Waals surface area (Å²) in [5.41, 5.74) is 0.671. The number of ether oxygens (including phenoxy) is 2. The SMILES string of the molecule is CCOC(=O)CSCC1=C(C(=O)O)N2C(=O)[C@H](OC)[C@H]2SC1. The lowest BCUT2D eigenvalue weighted by atomic mass is 10.1. The normalized spacial score (nSPS) is 23.9. The Morgan fingerprint density at radius 2 is 2.23 bits per heavy atom. The van der Waals surface area contributed by atoms with Crippen LogP contribution < -0.4 is 0 Å². The van der Waals surface area contributed by atoms with Crippen LogP contribution in [-0.4, -0.2) is 70.3 Å². The first-order valence-corrected chi connectivity index (χ1v) is 8.87. The zero-order valence-corrected chi connectivity index (χ0v) is 13.9. The highest BCUT2D eigenvalue weighted by Crippen LogP contribution is 2.41. The van der Waals surface area contributed by atoms with Crippen LogP contribution in [0.15, 0.2) is 11.3 Å². The number of hydrogen-bond donors (Lipinski definition) is 1. The molecule has 0 bridgehead atoms. The van der Waals surface area contributed by atoms with Gasteiger partial charge >= 0.3 is 11.9 Å². The highest BCUT2D eigenvalue weighted by atomic mass is 32.2. The standard InChI is InChI=1S/C13H17NO6S2/c1-3-20-8(15)6-21-4-7-5-22-12-10(19-2)11(16)14(12)9(7)13(17)18/h10,12H,3-6H2,1-2H3,(H,17,18)/t10-,12+/m0/s1. The predicted molar refractivity (Wildman–Crippen MR) is 82.5 cm³/mol. The van der Waals surface area contributed by atoms with Gasteiger partial charge in [0.2, 0.25) is 0 Å². The summed E-state index contributed by atoms with van der Waals surface area (Å²) in [5, 5.41) is 9.12. The number of amides is 1. The lowest BCUT2D eigenvalue weighted by Crippen LogP contribution is -2.65. The summed E-state index contributed by atoms with van der Waals surface area (Å²) in [6, 6.07) is 0. The van der Waals surface area contributed by atoms with Crippen molar-refractivity contribution in [3.8, 4) is 0 Å². The number of rotatable bonds is 7. The maximum Gasteiger partial charge on any atom is 0.352 e. The molecule has 0 aromatic heterocycles. The van der Waals surface area contributed by atoms with Gasteiger partial charge in [-0.1, -0.05) is 0 Å². The summed E-state index contributed by atoms with van der Waals surface area (Å²) in [5.74, 6) is -0.740. The van der Waals surface area contributed by atoms with E-state index < -0.39 is 12.1 Å². The molecule has 7 nitrogen and oxygen atoms in total. The Morgan fingerprint density at radius 3 is 2.82 bits per heavy atom. The van der Waals surface area contributed by atoms with Crippen molar-refractivity contribution in [2.24, 2.45) is 0 Å². The number of carbonyl (C=O) groups is 3. The van der Waals surface area contributed by atoms with Gasteiger partial charge in [-0.05, 0) is 12.5 Å². The second-order valence-corrected chi connectivity index (χ2v) is 6.71. The molecule has 2 aliphatic rings. The number of β-lactam (4-membered cyclic amide) rings is 1. The molecule has 1 saturated heterocycles. The first-order chi connectivity index (χ1) is 10.5. The third kappa shape index (κ3) is 3.26. The summed E-state index contributed by atoms with van der Waals surface area (Å²) in [6.07, 6.45) is -0.576. The highest BCUT2D eigenvalue weighted by molar-refractivity contribution is 8.01. The van der Waals surface area contributed by atoms with Gasteiger partial charge in [-0.15, -0.1) is 23.5 Å². The number of carboxylic acids is 1. The number of aliphatic carboxylic acids is 1. The summed E-state index contributed by atoms with van der Waals surface area (Å²) in [4.78, 5) is 36.0. The van der Waals surface area contributed by atoms with Crippen molar-refractivity contribution in [2.75, 3.05) is 31.0 Å². The van der Waals surface area contributed by atoms with Crippen LogP contribution in [0, 0.1) is 0 Å². The highest BCUT2D eigenvalue weighted by Gasteiger charge is 2.53. The minimum Gasteiger partial charge on any atom is -0.477 e.